The summed E-state index contributed by atoms with van der Waals surface area (Å²) in [6.45, 7) is 2.05. The van der Waals surface area contributed by atoms with Crippen LogP contribution in [0.1, 0.15) is 40.5 Å². The van der Waals surface area contributed by atoms with Crippen LogP contribution in [-0.4, -0.2) is 63.6 Å². The van der Waals surface area contributed by atoms with Crippen molar-refractivity contribution >= 4 is 33.6 Å². The normalized spacial score (nSPS) is 17.6. The van der Waals surface area contributed by atoms with Crippen LogP contribution in [0.4, 0.5) is 5.69 Å². The first-order valence-electron chi connectivity index (χ1n) is 8.82. The average molecular weight is 412 g/mol. The zero-order chi connectivity index (χ0) is 20.9. The summed E-state index contributed by atoms with van der Waals surface area (Å²) in [5, 5.41) is 2.66. The van der Waals surface area contributed by atoms with Crippen LogP contribution < -0.4 is 5.32 Å². The molecule has 1 aromatic carbocycles. The number of ether oxygens (including phenoxy) is 2. The van der Waals surface area contributed by atoms with Gasteiger partial charge in [-0.25, -0.2) is 22.3 Å². The van der Waals surface area contributed by atoms with Crippen LogP contribution in [0.15, 0.2) is 18.2 Å². The van der Waals surface area contributed by atoms with Crippen molar-refractivity contribution in [1.29, 1.82) is 0 Å². The van der Waals surface area contributed by atoms with E-state index in [1.807, 2.05) is 0 Å². The van der Waals surface area contributed by atoms with Crippen LogP contribution in [0.3, 0.4) is 0 Å². The second-order valence-electron chi connectivity index (χ2n) is 6.37. The van der Waals surface area contributed by atoms with Crippen molar-refractivity contribution in [3.05, 3.63) is 29.3 Å². The van der Waals surface area contributed by atoms with Gasteiger partial charge in [-0.3, -0.25) is 4.79 Å². The highest BCUT2D eigenvalue weighted by Crippen LogP contribution is 2.23. The van der Waals surface area contributed by atoms with Gasteiger partial charge in [0.15, 0.2) is 0 Å². The number of methoxy groups -OCH3 is 2. The van der Waals surface area contributed by atoms with Crippen molar-refractivity contribution in [2.24, 2.45) is 5.92 Å². The number of hydrogen-bond donors (Lipinski definition) is 1. The van der Waals surface area contributed by atoms with Gasteiger partial charge in [0.1, 0.15) is 0 Å². The lowest BCUT2D eigenvalue weighted by Crippen LogP contribution is -2.44. The SMILES string of the molecule is CCS(=O)(=O)N1CCC[C@@H](C(=O)Nc2cc(C(=O)OC)cc(C(=O)OC)c2)C1. The van der Waals surface area contributed by atoms with E-state index >= 15 is 0 Å². The van der Waals surface area contributed by atoms with E-state index < -0.39 is 27.9 Å². The van der Waals surface area contributed by atoms with Gasteiger partial charge >= 0.3 is 11.9 Å². The highest BCUT2D eigenvalue weighted by atomic mass is 32.2. The molecule has 9 nitrogen and oxygen atoms in total. The molecule has 1 heterocycles. The van der Waals surface area contributed by atoms with Gasteiger partial charge in [0.2, 0.25) is 15.9 Å². The molecule has 1 aliphatic rings. The van der Waals surface area contributed by atoms with Crippen molar-refractivity contribution in [2.45, 2.75) is 19.8 Å². The van der Waals surface area contributed by atoms with E-state index in [2.05, 4.69) is 14.8 Å². The van der Waals surface area contributed by atoms with Gasteiger partial charge in [-0.05, 0) is 38.0 Å². The fourth-order valence-electron chi connectivity index (χ4n) is 3.01. The van der Waals surface area contributed by atoms with Crippen molar-refractivity contribution in [2.75, 3.05) is 38.4 Å². The lowest BCUT2D eigenvalue weighted by Gasteiger charge is -2.30. The zero-order valence-corrected chi connectivity index (χ0v) is 16.9. The zero-order valence-electron chi connectivity index (χ0n) is 16.1. The topological polar surface area (TPSA) is 119 Å². The van der Waals surface area contributed by atoms with Crippen molar-refractivity contribution < 1.29 is 32.3 Å². The molecule has 154 valence electrons. The summed E-state index contributed by atoms with van der Waals surface area (Å²) in [4.78, 5) is 36.3. The Bertz CT molecular complexity index is 832. The molecule has 1 aliphatic heterocycles. The molecule has 28 heavy (non-hydrogen) atoms. The standard InChI is InChI=1S/C18H24N2O7S/c1-4-28(24,25)20-7-5-6-12(11-20)16(21)19-15-9-13(17(22)26-2)8-14(10-15)18(23)27-3/h8-10,12H,4-7,11H2,1-3H3,(H,19,21)/t12-/m1/s1. The van der Waals surface area contributed by atoms with Crippen LogP contribution in [0.2, 0.25) is 0 Å². The molecule has 1 N–H and O–H groups in total. The maximum atomic E-state index is 12.7. The summed E-state index contributed by atoms with van der Waals surface area (Å²) in [6.07, 6.45) is 1.12. The van der Waals surface area contributed by atoms with E-state index in [1.165, 1.54) is 36.7 Å². The molecular formula is C18H24N2O7S. The molecule has 2 rings (SSSR count). The van der Waals surface area contributed by atoms with Gasteiger partial charge in [0.05, 0.1) is 37.0 Å². The van der Waals surface area contributed by atoms with Crippen LogP contribution in [0.25, 0.3) is 0 Å². The highest BCUT2D eigenvalue weighted by molar-refractivity contribution is 7.89. The second kappa shape index (κ2) is 9.16. The molecule has 0 aliphatic carbocycles. The second-order valence-corrected chi connectivity index (χ2v) is 8.63. The Morgan fingerprint density at radius 2 is 1.68 bits per heavy atom. The van der Waals surface area contributed by atoms with Crippen molar-refractivity contribution in [3.63, 3.8) is 0 Å². The van der Waals surface area contributed by atoms with Crippen LogP contribution in [0.5, 0.6) is 0 Å². The van der Waals surface area contributed by atoms with Crippen molar-refractivity contribution in [3.8, 4) is 0 Å². The van der Waals surface area contributed by atoms with Gasteiger partial charge in [-0.2, -0.15) is 0 Å². The molecular weight excluding hydrogens is 388 g/mol. The molecule has 1 amide bonds. The number of esters is 2. The Balaban J connectivity index is 2.22. The molecule has 1 atom stereocenters. The molecule has 0 aromatic heterocycles. The molecule has 0 saturated carbocycles. The number of anilines is 1. The quantitative estimate of drug-likeness (QED) is 0.699. The van der Waals surface area contributed by atoms with Gasteiger partial charge in [-0.1, -0.05) is 0 Å². The highest BCUT2D eigenvalue weighted by Gasteiger charge is 2.31. The number of hydrogen-bond acceptors (Lipinski definition) is 7. The minimum absolute atomic E-state index is 0.0228. The van der Waals surface area contributed by atoms with E-state index in [9.17, 15) is 22.8 Å². The fraction of sp³-hybridized carbons (Fsp3) is 0.500. The van der Waals surface area contributed by atoms with E-state index in [0.29, 0.717) is 19.4 Å². The van der Waals surface area contributed by atoms with Crippen LogP contribution in [-0.2, 0) is 24.3 Å². The monoisotopic (exact) mass is 412 g/mol. The lowest BCUT2D eigenvalue weighted by atomic mass is 9.98. The summed E-state index contributed by atoms with van der Waals surface area (Å²) < 4.78 is 34.8. The maximum Gasteiger partial charge on any atom is 0.337 e. The molecule has 0 unspecified atom stereocenters. The predicted molar refractivity (Wildman–Crippen MR) is 102 cm³/mol. The van der Waals surface area contributed by atoms with Gasteiger partial charge in [0, 0.05) is 18.8 Å². The van der Waals surface area contributed by atoms with Gasteiger partial charge < -0.3 is 14.8 Å². The first kappa shape index (κ1) is 21.8. The lowest BCUT2D eigenvalue weighted by molar-refractivity contribution is -0.120. The summed E-state index contributed by atoms with van der Waals surface area (Å²) >= 11 is 0. The number of sulfonamides is 1. The summed E-state index contributed by atoms with van der Waals surface area (Å²) in [5.41, 5.74) is 0.392. The summed E-state index contributed by atoms with van der Waals surface area (Å²) in [5.74, 6) is -2.27. The number of amides is 1. The van der Waals surface area contributed by atoms with Crippen LogP contribution in [0, 0.1) is 5.92 Å². The molecule has 1 fully saturated rings. The fourth-order valence-corrected chi connectivity index (χ4v) is 4.19. The van der Waals surface area contributed by atoms with Crippen molar-refractivity contribution in [1.82, 2.24) is 4.31 Å². The van der Waals surface area contributed by atoms with Gasteiger partial charge in [-0.15, -0.1) is 0 Å². The maximum absolute atomic E-state index is 12.7. The first-order chi connectivity index (χ1) is 13.2. The third-order valence-electron chi connectivity index (χ3n) is 4.56. The number of benzene rings is 1. The molecule has 1 aromatic rings. The van der Waals surface area contributed by atoms with Crippen LogP contribution >= 0.6 is 0 Å². The number of nitrogens with zero attached hydrogens (tertiary/aromatic N) is 1. The number of piperidine rings is 1. The molecule has 0 bridgehead atoms. The Morgan fingerprint density at radius 3 is 2.18 bits per heavy atom. The number of carbonyl (C=O) groups is 3. The van der Waals surface area contributed by atoms with E-state index in [-0.39, 0.29) is 35.0 Å². The van der Waals surface area contributed by atoms with E-state index in [0.717, 1.165) is 0 Å². The Labute approximate surface area is 164 Å². The minimum atomic E-state index is -3.37. The number of rotatable bonds is 6. The minimum Gasteiger partial charge on any atom is -0.465 e. The van der Waals surface area contributed by atoms with E-state index in [4.69, 9.17) is 0 Å². The van der Waals surface area contributed by atoms with Gasteiger partial charge in [0.25, 0.3) is 0 Å². The third kappa shape index (κ3) is 5.08. The molecule has 0 spiro atoms. The first-order valence-corrected chi connectivity index (χ1v) is 10.4. The average Bonchev–Trinajstić information content (AvgIpc) is 2.72. The Hall–Kier alpha value is -2.46. The summed E-state index contributed by atoms with van der Waals surface area (Å²) in [6, 6.07) is 4.09. The Morgan fingerprint density at radius 1 is 1.11 bits per heavy atom. The molecule has 0 radical (unpaired) electrons. The Kier molecular flexibility index (Phi) is 7.14. The van der Waals surface area contributed by atoms with E-state index in [1.54, 1.807) is 6.92 Å². The smallest absolute Gasteiger partial charge is 0.337 e. The largest absolute Gasteiger partial charge is 0.465 e. The number of nitrogens with one attached hydrogen (secondary N) is 1. The summed E-state index contributed by atoms with van der Waals surface area (Å²) in [7, 11) is -0.963. The third-order valence-corrected chi connectivity index (χ3v) is 6.40. The number of carbonyl (C=O) groups excluding carboxylic acids is 3. The predicted octanol–water partition coefficient (Wildman–Crippen LogP) is 1.26. The molecule has 10 heteroatoms. The molecule has 1 saturated heterocycles.